The molecular weight excluding hydrogens is 446 g/mol. The van der Waals surface area contributed by atoms with Crippen LogP contribution in [0.15, 0.2) is 0 Å². The zero-order valence-corrected chi connectivity index (χ0v) is 21.5. The summed E-state index contributed by atoms with van der Waals surface area (Å²) in [5, 5.41) is 18.5. The predicted molar refractivity (Wildman–Crippen MR) is 128 cm³/mol. The number of nitrogens with one attached hydrogen (secondary N) is 3. The molecule has 1 aliphatic carbocycles. The van der Waals surface area contributed by atoms with Crippen molar-refractivity contribution in [2.45, 2.75) is 84.3 Å². The highest BCUT2D eigenvalue weighted by Crippen LogP contribution is 2.65. The molecule has 3 N–H and O–H groups in total. The number of carbonyl (C=O) groups is 4. The molecule has 192 valence electrons. The van der Waals surface area contributed by atoms with Gasteiger partial charge in [-0.1, -0.05) is 26.7 Å². The molecule has 4 amide bonds. The van der Waals surface area contributed by atoms with E-state index in [4.69, 9.17) is 0 Å². The molecule has 4 rings (SSSR count). The summed E-state index contributed by atoms with van der Waals surface area (Å²) in [7, 11) is 0. The van der Waals surface area contributed by atoms with Gasteiger partial charge in [0.05, 0.1) is 6.07 Å². The molecule has 0 aromatic rings. The summed E-state index contributed by atoms with van der Waals surface area (Å²) in [4.78, 5) is 54.6. The molecule has 0 bridgehead atoms. The molecule has 0 spiro atoms. The fourth-order valence-electron chi connectivity index (χ4n) is 6.57. The smallest absolute Gasteiger partial charge is 0.244 e. The molecule has 1 saturated carbocycles. The van der Waals surface area contributed by atoms with Crippen molar-refractivity contribution in [3.05, 3.63) is 0 Å². The zero-order valence-electron chi connectivity index (χ0n) is 21.5. The summed E-state index contributed by atoms with van der Waals surface area (Å²) < 4.78 is 0. The number of carbonyl (C=O) groups excluding carboxylic acids is 4. The van der Waals surface area contributed by atoms with Gasteiger partial charge in [-0.15, -0.1) is 0 Å². The molecule has 0 radical (unpaired) electrons. The molecule has 7 atom stereocenters. The molecule has 9 nitrogen and oxygen atoms in total. The number of fused-ring (bicyclic) bond motifs is 4. The number of piperidine rings is 1. The second-order valence-corrected chi connectivity index (χ2v) is 12.5. The fourth-order valence-corrected chi connectivity index (χ4v) is 6.57. The Labute approximate surface area is 207 Å². The Bertz CT molecular complexity index is 948. The average molecular weight is 486 g/mol. The quantitative estimate of drug-likeness (QED) is 0.482. The van der Waals surface area contributed by atoms with Crippen molar-refractivity contribution in [3.8, 4) is 6.07 Å². The van der Waals surface area contributed by atoms with Crippen LogP contribution in [0.25, 0.3) is 0 Å². The van der Waals surface area contributed by atoms with E-state index in [9.17, 15) is 24.4 Å². The van der Waals surface area contributed by atoms with Crippen LogP contribution in [0.2, 0.25) is 0 Å². The van der Waals surface area contributed by atoms with Gasteiger partial charge < -0.3 is 20.9 Å². The maximum atomic E-state index is 13.8. The highest BCUT2D eigenvalue weighted by Gasteiger charge is 2.69. The zero-order chi connectivity index (χ0) is 25.7. The largest absolute Gasteiger partial charge is 0.356 e. The van der Waals surface area contributed by atoms with E-state index < -0.39 is 23.5 Å². The summed E-state index contributed by atoms with van der Waals surface area (Å²) >= 11 is 0. The Kier molecular flexibility index (Phi) is 6.62. The Balaban J connectivity index is 1.64. The molecule has 35 heavy (non-hydrogen) atoms. The van der Waals surface area contributed by atoms with Crippen LogP contribution in [0.1, 0.15) is 66.7 Å². The molecule has 0 unspecified atom stereocenters. The van der Waals surface area contributed by atoms with Gasteiger partial charge in [-0.25, -0.2) is 0 Å². The molecule has 0 aromatic heterocycles. The highest BCUT2D eigenvalue weighted by molar-refractivity contribution is 6.02. The topological polar surface area (TPSA) is 131 Å². The summed E-state index contributed by atoms with van der Waals surface area (Å²) in [6.45, 7) is 10.8. The van der Waals surface area contributed by atoms with Crippen molar-refractivity contribution in [2.24, 2.45) is 35.0 Å². The molecular formula is C26H39N5O4. The van der Waals surface area contributed by atoms with E-state index in [0.717, 1.165) is 12.8 Å². The minimum atomic E-state index is -0.862. The van der Waals surface area contributed by atoms with Crippen LogP contribution in [0, 0.1) is 46.3 Å². The lowest BCUT2D eigenvalue weighted by atomic mass is 9.85. The second kappa shape index (κ2) is 9.11. The lowest BCUT2D eigenvalue weighted by molar-refractivity contribution is -0.148. The van der Waals surface area contributed by atoms with Crippen LogP contribution < -0.4 is 16.0 Å². The van der Waals surface area contributed by atoms with Crippen molar-refractivity contribution in [2.75, 3.05) is 13.1 Å². The van der Waals surface area contributed by atoms with Crippen LogP contribution in [-0.4, -0.2) is 59.2 Å². The van der Waals surface area contributed by atoms with Gasteiger partial charge in [0.15, 0.2) is 0 Å². The fraction of sp³-hybridized carbons (Fsp3) is 0.808. The Morgan fingerprint density at radius 1 is 1.14 bits per heavy atom. The van der Waals surface area contributed by atoms with Gasteiger partial charge in [0, 0.05) is 24.5 Å². The molecule has 4 fully saturated rings. The Morgan fingerprint density at radius 2 is 1.83 bits per heavy atom. The van der Waals surface area contributed by atoms with Gasteiger partial charge in [-0.2, -0.15) is 5.26 Å². The van der Waals surface area contributed by atoms with Gasteiger partial charge >= 0.3 is 0 Å². The van der Waals surface area contributed by atoms with E-state index in [1.165, 1.54) is 0 Å². The number of nitriles is 1. The SMILES string of the molecule is CC(C)(C)NC(=O)[C@H]1CCCC[C@H]2CNC(=O)[C@H]2C[C@@H](C#N)NC(=O)[C@@H]2[C@@H]3[C@H](CN2C1=O)C3(C)C. The number of hydrogen-bond donors (Lipinski definition) is 3. The maximum Gasteiger partial charge on any atom is 0.244 e. The monoisotopic (exact) mass is 485 g/mol. The van der Waals surface area contributed by atoms with Crippen molar-refractivity contribution in [1.82, 2.24) is 20.9 Å². The molecule has 3 saturated heterocycles. The maximum absolute atomic E-state index is 13.8. The second-order valence-electron chi connectivity index (χ2n) is 12.5. The van der Waals surface area contributed by atoms with Gasteiger partial charge in [-0.3, -0.25) is 19.2 Å². The molecule has 4 aliphatic rings. The van der Waals surface area contributed by atoms with Gasteiger partial charge in [0.25, 0.3) is 0 Å². The minimum Gasteiger partial charge on any atom is -0.356 e. The Hall–Kier alpha value is -2.63. The Morgan fingerprint density at radius 3 is 2.49 bits per heavy atom. The van der Waals surface area contributed by atoms with E-state index in [1.54, 1.807) is 4.90 Å². The van der Waals surface area contributed by atoms with Crippen LogP contribution >= 0.6 is 0 Å². The summed E-state index contributed by atoms with van der Waals surface area (Å²) in [6.07, 6.45) is 2.91. The molecule has 0 aromatic carbocycles. The van der Waals surface area contributed by atoms with Crippen LogP contribution in [0.5, 0.6) is 0 Å². The van der Waals surface area contributed by atoms with Crippen molar-refractivity contribution < 1.29 is 19.2 Å². The lowest BCUT2D eigenvalue weighted by Crippen LogP contribution is -2.56. The predicted octanol–water partition coefficient (Wildman–Crippen LogP) is 1.33. The van der Waals surface area contributed by atoms with E-state index in [0.29, 0.717) is 25.9 Å². The normalized spacial score (nSPS) is 37.1. The third-order valence-corrected chi connectivity index (χ3v) is 8.60. The van der Waals surface area contributed by atoms with E-state index in [2.05, 4.69) is 35.9 Å². The van der Waals surface area contributed by atoms with E-state index in [-0.39, 0.29) is 59.1 Å². The summed E-state index contributed by atoms with van der Waals surface area (Å²) in [5.74, 6) is -1.96. The molecule has 3 heterocycles. The van der Waals surface area contributed by atoms with E-state index in [1.807, 2.05) is 20.8 Å². The third-order valence-electron chi connectivity index (χ3n) is 8.60. The highest BCUT2D eigenvalue weighted by atomic mass is 16.2. The average Bonchev–Trinajstić information content (AvgIpc) is 3.09. The number of amides is 4. The molecule has 3 aliphatic heterocycles. The number of rotatable bonds is 1. The number of hydrogen-bond acceptors (Lipinski definition) is 5. The standard InChI is InChI=1S/C26H39N5O4/c1-25(2,3)30-22(33)16-9-7-6-8-14-12-28-21(32)17(14)10-15(11-27)29-23(34)20-19-18(26(19,4)5)13-31(20)24(16)35/h14-20H,6-10,12-13H2,1-5H3,(H,28,32)(H,29,34)(H,30,33)/t14-,15-,16+,17-,18-,19-,20-/m0/s1. The number of nitrogens with zero attached hydrogens (tertiary/aromatic N) is 2. The van der Waals surface area contributed by atoms with Crippen LogP contribution in [0.3, 0.4) is 0 Å². The van der Waals surface area contributed by atoms with Crippen LogP contribution in [-0.2, 0) is 19.2 Å². The lowest BCUT2D eigenvalue weighted by Gasteiger charge is -2.34. The first-order valence-electron chi connectivity index (χ1n) is 13.0. The summed E-state index contributed by atoms with van der Waals surface area (Å²) in [6, 6.07) is 0.646. The van der Waals surface area contributed by atoms with Gasteiger partial charge in [0.2, 0.25) is 23.6 Å². The first kappa shape index (κ1) is 25.5. The first-order valence-corrected chi connectivity index (χ1v) is 13.0. The minimum absolute atomic E-state index is 0.00689. The van der Waals surface area contributed by atoms with Crippen molar-refractivity contribution in [3.63, 3.8) is 0 Å². The first-order chi connectivity index (χ1) is 16.3. The third kappa shape index (κ3) is 4.89. The van der Waals surface area contributed by atoms with Crippen molar-refractivity contribution >= 4 is 23.6 Å². The summed E-state index contributed by atoms with van der Waals surface area (Å²) in [5.41, 5.74) is -0.558. The van der Waals surface area contributed by atoms with Crippen molar-refractivity contribution in [1.29, 1.82) is 5.26 Å². The molecule has 9 heteroatoms. The van der Waals surface area contributed by atoms with Crippen LogP contribution in [0.4, 0.5) is 0 Å². The van der Waals surface area contributed by atoms with Gasteiger partial charge in [0.1, 0.15) is 18.0 Å². The van der Waals surface area contributed by atoms with Gasteiger partial charge in [-0.05, 0) is 63.2 Å². The van der Waals surface area contributed by atoms with E-state index >= 15 is 0 Å².